The van der Waals surface area contributed by atoms with Crippen LogP contribution in [0.1, 0.15) is 22.5 Å². The smallest absolute Gasteiger partial charge is 0.268 e. The van der Waals surface area contributed by atoms with Crippen LogP contribution in [-0.2, 0) is 11.2 Å². The van der Waals surface area contributed by atoms with Crippen molar-refractivity contribution in [2.45, 2.75) is 18.9 Å². The highest BCUT2D eigenvalue weighted by atomic mass is 35.5. The summed E-state index contributed by atoms with van der Waals surface area (Å²) in [6, 6.07) is 14.2. The second-order valence-electron chi connectivity index (χ2n) is 6.13. The van der Waals surface area contributed by atoms with Crippen molar-refractivity contribution in [3.63, 3.8) is 0 Å². The van der Waals surface area contributed by atoms with Crippen LogP contribution in [0.2, 0.25) is 5.02 Å². The van der Waals surface area contributed by atoms with Gasteiger partial charge < -0.3 is 15.6 Å². The number of para-hydroxylation sites is 1. The minimum atomic E-state index is -0.574. The fourth-order valence-corrected chi connectivity index (χ4v) is 3.29. The first-order valence-electron chi connectivity index (χ1n) is 8.08. The molecule has 5 nitrogen and oxygen atoms in total. The largest absolute Gasteiger partial charge is 0.351 e. The number of aromatic nitrogens is 1. The number of carbonyl (C=O) groups is 2. The topological polar surface area (TPSA) is 74.0 Å². The molecule has 0 aliphatic carbocycles. The Bertz CT molecular complexity index is 980. The Balaban J connectivity index is 1.53. The van der Waals surface area contributed by atoms with Gasteiger partial charge in [0, 0.05) is 21.6 Å². The number of benzene rings is 2. The van der Waals surface area contributed by atoms with Gasteiger partial charge in [0.05, 0.1) is 0 Å². The van der Waals surface area contributed by atoms with Gasteiger partial charge in [-0.25, -0.2) is 0 Å². The third kappa shape index (κ3) is 3.10. The van der Waals surface area contributed by atoms with Gasteiger partial charge in [-0.2, -0.15) is 0 Å². The summed E-state index contributed by atoms with van der Waals surface area (Å²) in [7, 11) is 0. The van der Waals surface area contributed by atoms with Crippen molar-refractivity contribution in [3.8, 4) is 0 Å². The molecule has 2 heterocycles. The molecule has 0 bridgehead atoms. The van der Waals surface area contributed by atoms with Crippen molar-refractivity contribution in [3.05, 3.63) is 64.8 Å². The monoisotopic (exact) mass is 353 g/mol. The van der Waals surface area contributed by atoms with E-state index in [-0.39, 0.29) is 11.8 Å². The van der Waals surface area contributed by atoms with Crippen LogP contribution < -0.4 is 10.6 Å². The van der Waals surface area contributed by atoms with Crippen LogP contribution in [0, 0.1) is 0 Å². The SMILES string of the molecule is O=C(N[C@@H]1CCc2ccccc2NC1=O)c1cc2cc(Cl)ccc2[nH]1. The summed E-state index contributed by atoms with van der Waals surface area (Å²) in [5, 5.41) is 7.17. The molecule has 6 heteroatoms. The van der Waals surface area contributed by atoms with E-state index in [0.717, 1.165) is 28.6 Å². The van der Waals surface area contributed by atoms with E-state index in [0.29, 0.717) is 17.1 Å². The predicted octanol–water partition coefficient (Wildman–Crippen LogP) is 3.50. The minimum absolute atomic E-state index is 0.197. The van der Waals surface area contributed by atoms with Gasteiger partial charge in [0.1, 0.15) is 11.7 Å². The Kier molecular flexibility index (Phi) is 3.93. The number of anilines is 1. The molecule has 0 saturated heterocycles. The predicted molar refractivity (Wildman–Crippen MR) is 98.0 cm³/mol. The van der Waals surface area contributed by atoms with Crippen molar-refractivity contribution in [1.82, 2.24) is 10.3 Å². The molecule has 2 amide bonds. The van der Waals surface area contributed by atoms with Crippen molar-refractivity contribution >= 4 is 40.0 Å². The molecule has 1 atom stereocenters. The van der Waals surface area contributed by atoms with Crippen LogP contribution >= 0.6 is 11.6 Å². The maximum absolute atomic E-state index is 12.5. The highest BCUT2D eigenvalue weighted by molar-refractivity contribution is 6.31. The number of hydrogen-bond acceptors (Lipinski definition) is 2. The molecule has 0 spiro atoms. The molecule has 0 fully saturated rings. The molecule has 2 aromatic carbocycles. The van der Waals surface area contributed by atoms with E-state index in [1.54, 1.807) is 18.2 Å². The van der Waals surface area contributed by atoms with Crippen LogP contribution in [0.25, 0.3) is 10.9 Å². The van der Waals surface area contributed by atoms with Crippen molar-refractivity contribution in [2.75, 3.05) is 5.32 Å². The standard InChI is InChI=1S/C19H16ClN3O2/c20-13-6-8-15-12(9-13)10-17(21-15)19(25)23-16-7-5-11-3-1-2-4-14(11)22-18(16)24/h1-4,6,8-10,16,21H,5,7H2,(H,22,24)(H,23,25)/t16-/m1/s1. The highest BCUT2D eigenvalue weighted by Gasteiger charge is 2.25. The first-order valence-corrected chi connectivity index (χ1v) is 8.46. The minimum Gasteiger partial charge on any atom is -0.351 e. The fourth-order valence-electron chi connectivity index (χ4n) is 3.11. The first kappa shape index (κ1) is 15.7. The van der Waals surface area contributed by atoms with Crippen LogP contribution in [0.4, 0.5) is 5.69 Å². The molecule has 0 unspecified atom stereocenters. The number of nitrogens with one attached hydrogen (secondary N) is 3. The summed E-state index contributed by atoms with van der Waals surface area (Å²) in [6.45, 7) is 0. The lowest BCUT2D eigenvalue weighted by molar-refractivity contribution is -0.118. The Hall–Kier alpha value is -2.79. The zero-order valence-corrected chi connectivity index (χ0v) is 14.1. The highest BCUT2D eigenvalue weighted by Crippen LogP contribution is 2.23. The lowest BCUT2D eigenvalue weighted by atomic mass is 10.1. The number of hydrogen-bond donors (Lipinski definition) is 3. The first-order chi connectivity index (χ1) is 12.1. The van der Waals surface area contributed by atoms with E-state index in [1.807, 2.05) is 30.3 Å². The Morgan fingerprint density at radius 3 is 2.88 bits per heavy atom. The molecule has 3 aromatic rings. The normalized spacial score (nSPS) is 16.8. The van der Waals surface area contributed by atoms with Crippen LogP contribution in [0.5, 0.6) is 0 Å². The average Bonchev–Trinajstić information content (AvgIpc) is 2.95. The van der Waals surface area contributed by atoms with Gasteiger partial charge in [-0.15, -0.1) is 0 Å². The molecule has 126 valence electrons. The summed E-state index contributed by atoms with van der Waals surface area (Å²) in [6.07, 6.45) is 1.28. The van der Waals surface area contributed by atoms with Crippen LogP contribution in [0.15, 0.2) is 48.5 Å². The number of fused-ring (bicyclic) bond motifs is 2. The van der Waals surface area contributed by atoms with E-state index in [1.165, 1.54) is 0 Å². The van der Waals surface area contributed by atoms with Crippen molar-refractivity contribution in [2.24, 2.45) is 0 Å². The van der Waals surface area contributed by atoms with Gasteiger partial charge in [-0.3, -0.25) is 9.59 Å². The summed E-state index contributed by atoms with van der Waals surface area (Å²) < 4.78 is 0. The number of rotatable bonds is 2. The Morgan fingerprint density at radius 1 is 1.16 bits per heavy atom. The molecule has 1 aliphatic rings. The number of aromatic amines is 1. The molecule has 0 saturated carbocycles. The molecular formula is C19H16ClN3O2. The molecule has 3 N–H and O–H groups in total. The molecule has 25 heavy (non-hydrogen) atoms. The molecular weight excluding hydrogens is 338 g/mol. The second kappa shape index (κ2) is 6.26. The van der Waals surface area contributed by atoms with Crippen LogP contribution in [0.3, 0.4) is 0 Å². The lowest BCUT2D eigenvalue weighted by Gasteiger charge is -2.14. The van der Waals surface area contributed by atoms with Crippen molar-refractivity contribution in [1.29, 1.82) is 0 Å². The molecule has 1 aliphatic heterocycles. The van der Waals surface area contributed by atoms with E-state index >= 15 is 0 Å². The number of aryl methyl sites for hydroxylation is 1. The zero-order valence-electron chi connectivity index (χ0n) is 13.3. The third-order valence-corrected chi connectivity index (χ3v) is 4.66. The maximum atomic E-state index is 12.5. The summed E-state index contributed by atoms with van der Waals surface area (Å²) in [5.41, 5.74) is 3.12. The Labute approximate surface area is 149 Å². The van der Waals surface area contributed by atoms with Gasteiger partial charge in [0.15, 0.2) is 0 Å². The summed E-state index contributed by atoms with van der Waals surface area (Å²) in [4.78, 5) is 28.0. The number of carbonyl (C=O) groups excluding carboxylic acids is 2. The molecule has 1 aromatic heterocycles. The second-order valence-corrected chi connectivity index (χ2v) is 6.56. The van der Waals surface area contributed by atoms with Gasteiger partial charge in [-0.1, -0.05) is 29.8 Å². The van der Waals surface area contributed by atoms with Gasteiger partial charge in [0.25, 0.3) is 5.91 Å². The van der Waals surface area contributed by atoms with E-state index in [2.05, 4.69) is 15.6 Å². The molecule has 0 radical (unpaired) electrons. The zero-order chi connectivity index (χ0) is 17.4. The van der Waals surface area contributed by atoms with E-state index < -0.39 is 6.04 Å². The van der Waals surface area contributed by atoms with Crippen molar-refractivity contribution < 1.29 is 9.59 Å². The van der Waals surface area contributed by atoms with Gasteiger partial charge in [-0.05, 0) is 48.7 Å². The van der Waals surface area contributed by atoms with Gasteiger partial charge >= 0.3 is 0 Å². The number of H-pyrrole nitrogens is 1. The number of halogens is 1. The van der Waals surface area contributed by atoms with Gasteiger partial charge in [0.2, 0.25) is 5.91 Å². The summed E-state index contributed by atoms with van der Waals surface area (Å²) in [5.74, 6) is -0.504. The Morgan fingerprint density at radius 2 is 2.00 bits per heavy atom. The number of amides is 2. The maximum Gasteiger partial charge on any atom is 0.268 e. The van der Waals surface area contributed by atoms with E-state index in [4.69, 9.17) is 11.6 Å². The van der Waals surface area contributed by atoms with E-state index in [9.17, 15) is 9.59 Å². The fraction of sp³-hybridized carbons (Fsp3) is 0.158. The lowest BCUT2D eigenvalue weighted by Crippen LogP contribution is -2.43. The third-order valence-electron chi connectivity index (χ3n) is 4.43. The quantitative estimate of drug-likeness (QED) is 0.659. The summed E-state index contributed by atoms with van der Waals surface area (Å²) >= 11 is 5.98. The molecule has 4 rings (SSSR count). The van der Waals surface area contributed by atoms with Crippen LogP contribution in [-0.4, -0.2) is 22.8 Å². The average molecular weight is 354 g/mol.